The Bertz CT molecular complexity index is 1200. The highest BCUT2D eigenvalue weighted by Gasteiger charge is 2.10. The molecule has 0 saturated heterocycles. The van der Waals surface area contributed by atoms with Crippen LogP contribution in [0.3, 0.4) is 0 Å². The van der Waals surface area contributed by atoms with Crippen molar-refractivity contribution in [3.8, 4) is 0 Å². The Labute approximate surface area is 174 Å². The Balaban J connectivity index is 1.50. The summed E-state index contributed by atoms with van der Waals surface area (Å²) >= 11 is 3.38. The Morgan fingerprint density at radius 1 is 1.21 bits per heavy atom. The molecule has 6 nitrogen and oxygen atoms in total. The number of aromatic nitrogens is 1. The molecule has 0 fully saturated rings. The lowest BCUT2D eigenvalue weighted by Crippen LogP contribution is -2.13. The van der Waals surface area contributed by atoms with E-state index in [2.05, 4.69) is 16.4 Å². The van der Waals surface area contributed by atoms with Gasteiger partial charge in [-0.05, 0) is 36.8 Å². The predicted molar refractivity (Wildman–Crippen MR) is 118 cm³/mol. The van der Waals surface area contributed by atoms with Gasteiger partial charge in [-0.3, -0.25) is 5.32 Å². The fraction of sp³-hybridized carbons (Fsp3) is 0.190. The minimum absolute atomic E-state index is 0.282. The average Bonchev–Trinajstić information content (AvgIpc) is 3.10. The van der Waals surface area contributed by atoms with E-state index in [0.29, 0.717) is 17.0 Å². The molecule has 1 N–H and O–H groups in total. The first-order valence-corrected chi connectivity index (χ1v) is 11.0. The molecule has 2 heterocycles. The Morgan fingerprint density at radius 3 is 2.90 bits per heavy atom. The molecule has 148 valence electrons. The number of thiazole rings is 1. The van der Waals surface area contributed by atoms with Crippen molar-refractivity contribution in [3.05, 3.63) is 69.5 Å². The molecule has 8 heteroatoms. The van der Waals surface area contributed by atoms with E-state index in [1.54, 1.807) is 42.2 Å². The second kappa shape index (κ2) is 8.67. The largest absolute Gasteiger partial charge is 0.450 e. The van der Waals surface area contributed by atoms with E-state index in [1.165, 1.54) is 10.8 Å². The van der Waals surface area contributed by atoms with Crippen LogP contribution in [0.5, 0.6) is 0 Å². The van der Waals surface area contributed by atoms with E-state index in [4.69, 9.17) is 9.15 Å². The maximum atomic E-state index is 12.0. The van der Waals surface area contributed by atoms with Gasteiger partial charge in [0.05, 0.1) is 16.8 Å². The van der Waals surface area contributed by atoms with Crippen molar-refractivity contribution in [2.24, 2.45) is 0 Å². The molecule has 4 aromatic rings. The van der Waals surface area contributed by atoms with E-state index in [1.807, 2.05) is 24.3 Å². The zero-order chi connectivity index (χ0) is 20.2. The van der Waals surface area contributed by atoms with Crippen molar-refractivity contribution in [2.75, 3.05) is 11.9 Å². The Morgan fingerprint density at radius 2 is 2.07 bits per heavy atom. The quantitative estimate of drug-likeness (QED) is 0.416. The van der Waals surface area contributed by atoms with E-state index in [0.717, 1.165) is 27.2 Å². The van der Waals surface area contributed by atoms with Gasteiger partial charge in [-0.1, -0.05) is 12.1 Å². The first-order valence-electron chi connectivity index (χ1n) is 9.05. The molecular formula is C21H18N2O4S2. The molecule has 0 radical (unpaired) electrons. The number of benzene rings is 2. The monoisotopic (exact) mass is 426 g/mol. The summed E-state index contributed by atoms with van der Waals surface area (Å²) in [4.78, 5) is 28.2. The number of hydrogen-bond acceptors (Lipinski definition) is 7. The van der Waals surface area contributed by atoms with Gasteiger partial charge in [0.2, 0.25) is 0 Å². The summed E-state index contributed by atoms with van der Waals surface area (Å²) in [6.07, 6.45) is -0.545. The second-order valence-electron chi connectivity index (χ2n) is 6.22. The van der Waals surface area contributed by atoms with Gasteiger partial charge in [0, 0.05) is 34.7 Å². The van der Waals surface area contributed by atoms with E-state index in [9.17, 15) is 9.59 Å². The average molecular weight is 427 g/mol. The number of carbonyl (C=O) groups excluding carboxylic acids is 1. The predicted octanol–water partition coefficient (Wildman–Crippen LogP) is 5.40. The number of hydrogen-bond donors (Lipinski definition) is 1. The maximum absolute atomic E-state index is 12.0. The number of ether oxygens (including phenoxy) is 1. The van der Waals surface area contributed by atoms with Crippen molar-refractivity contribution in [1.82, 2.24) is 4.98 Å². The minimum atomic E-state index is -0.545. The molecule has 2 aromatic heterocycles. The fourth-order valence-electron chi connectivity index (χ4n) is 2.94. The molecule has 0 aliphatic heterocycles. The number of nitrogens with zero attached hydrogens (tertiary/aromatic N) is 1. The summed E-state index contributed by atoms with van der Waals surface area (Å²) in [5.74, 6) is 1.42. The number of amides is 1. The van der Waals surface area contributed by atoms with E-state index in [-0.39, 0.29) is 6.61 Å². The number of thioether (sulfide) groups is 1. The molecule has 0 aliphatic rings. The third kappa shape index (κ3) is 4.60. The third-order valence-electron chi connectivity index (χ3n) is 4.17. The summed E-state index contributed by atoms with van der Waals surface area (Å²) in [5.41, 5.74) is 2.44. The normalized spacial score (nSPS) is 11.1. The number of nitrogens with one attached hydrogen (secondary N) is 1. The van der Waals surface area contributed by atoms with Crippen LogP contribution in [0.4, 0.5) is 10.5 Å². The molecular weight excluding hydrogens is 408 g/mol. The van der Waals surface area contributed by atoms with Crippen LogP contribution in [0.2, 0.25) is 0 Å². The molecule has 0 unspecified atom stereocenters. The van der Waals surface area contributed by atoms with Gasteiger partial charge in [0.1, 0.15) is 10.6 Å². The number of fused-ring (bicyclic) bond motifs is 2. The van der Waals surface area contributed by atoms with Crippen molar-refractivity contribution < 1.29 is 13.9 Å². The minimum Gasteiger partial charge on any atom is -0.450 e. The summed E-state index contributed by atoms with van der Waals surface area (Å²) in [6.45, 7) is 2.02. The highest BCUT2D eigenvalue weighted by Crippen LogP contribution is 2.28. The molecule has 0 aliphatic carbocycles. The number of para-hydroxylation sites is 1. The van der Waals surface area contributed by atoms with Gasteiger partial charge in [-0.2, -0.15) is 0 Å². The molecule has 2 aromatic carbocycles. The Hall–Kier alpha value is -2.84. The van der Waals surface area contributed by atoms with Crippen molar-refractivity contribution in [3.63, 3.8) is 0 Å². The maximum Gasteiger partial charge on any atom is 0.411 e. The number of rotatable bonds is 6. The molecule has 0 saturated carbocycles. The van der Waals surface area contributed by atoms with Gasteiger partial charge in [0.25, 0.3) is 0 Å². The van der Waals surface area contributed by atoms with Crippen LogP contribution >= 0.6 is 23.1 Å². The lowest BCUT2D eigenvalue weighted by molar-refractivity contribution is 0.168. The van der Waals surface area contributed by atoms with Crippen LogP contribution in [0.1, 0.15) is 17.5 Å². The van der Waals surface area contributed by atoms with E-state index >= 15 is 0 Å². The smallest absolute Gasteiger partial charge is 0.411 e. The fourth-order valence-corrected chi connectivity index (χ4v) is 4.99. The van der Waals surface area contributed by atoms with Gasteiger partial charge in [-0.25, -0.2) is 14.6 Å². The van der Waals surface area contributed by atoms with Crippen molar-refractivity contribution >= 4 is 56.1 Å². The van der Waals surface area contributed by atoms with E-state index < -0.39 is 11.7 Å². The van der Waals surface area contributed by atoms with Crippen LogP contribution < -0.4 is 10.9 Å². The molecule has 0 atom stereocenters. The van der Waals surface area contributed by atoms with Crippen molar-refractivity contribution in [2.45, 2.75) is 18.4 Å². The second-order valence-corrected chi connectivity index (χ2v) is 8.32. The molecule has 4 rings (SSSR count). The highest BCUT2D eigenvalue weighted by atomic mass is 32.2. The van der Waals surface area contributed by atoms with Gasteiger partial charge < -0.3 is 9.15 Å². The molecule has 29 heavy (non-hydrogen) atoms. The zero-order valence-corrected chi connectivity index (χ0v) is 17.3. The summed E-state index contributed by atoms with van der Waals surface area (Å²) in [6, 6.07) is 14.8. The topological polar surface area (TPSA) is 81.4 Å². The lowest BCUT2D eigenvalue weighted by Gasteiger charge is -2.08. The SMILES string of the molecule is CCOC(=O)Nc1ccc2c(CSCc3nc4ccccc4s3)cc(=O)oc2c1. The van der Waals surface area contributed by atoms with Crippen LogP contribution in [-0.4, -0.2) is 17.7 Å². The van der Waals surface area contributed by atoms with Crippen molar-refractivity contribution in [1.29, 1.82) is 0 Å². The molecule has 0 bridgehead atoms. The highest BCUT2D eigenvalue weighted by molar-refractivity contribution is 7.97. The molecule has 1 amide bonds. The number of carbonyl (C=O) groups is 1. The lowest BCUT2D eigenvalue weighted by atomic mass is 10.1. The van der Waals surface area contributed by atoms with Crippen LogP contribution in [0.15, 0.2) is 57.7 Å². The summed E-state index contributed by atoms with van der Waals surface area (Å²) < 4.78 is 11.4. The third-order valence-corrected chi connectivity index (χ3v) is 6.39. The van der Waals surface area contributed by atoms with Crippen LogP contribution in [0, 0.1) is 0 Å². The van der Waals surface area contributed by atoms with Gasteiger partial charge in [0.15, 0.2) is 0 Å². The van der Waals surface area contributed by atoms with Gasteiger partial charge >= 0.3 is 11.7 Å². The first kappa shape index (κ1) is 19.5. The zero-order valence-electron chi connectivity index (χ0n) is 15.6. The number of anilines is 1. The molecule has 0 spiro atoms. The Kier molecular flexibility index (Phi) is 5.82. The summed E-state index contributed by atoms with van der Waals surface area (Å²) in [7, 11) is 0. The first-order chi connectivity index (χ1) is 14.1. The van der Waals surface area contributed by atoms with Crippen LogP contribution in [-0.2, 0) is 16.2 Å². The van der Waals surface area contributed by atoms with Crippen LogP contribution in [0.25, 0.3) is 21.2 Å². The van der Waals surface area contributed by atoms with Gasteiger partial charge in [-0.15, -0.1) is 23.1 Å². The standard InChI is InChI=1S/C21H18N2O4S2/c1-2-26-21(25)22-14-7-8-15-13(9-20(24)27-17(15)10-14)11-28-12-19-23-16-5-3-4-6-18(16)29-19/h3-10H,2,11-12H2,1H3,(H,22,25). The summed E-state index contributed by atoms with van der Waals surface area (Å²) in [5, 5.41) is 4.52.